The maximum Gasteiger partial charge on any atom is 0.0505 e. The average molecular weight is 215 g/mol. The Kier molecular flexibility index (Phi) is 2.88. The molecule has 2 rings (SSSR count). The number of nitrogens with zero attached hydrogens (tertiary/aromatic N) is 1. The fourth-order valence-corrected chi connectivity index (χ4v) is 3.31. The predicted octanol–water partition coefficient (Wildman–Crippen LogP) is 4.12. The van der Waals surface area contributed by atoms with Crippen LogP contribution in [-0.4, -0.2) is 4.98 Å². The molecule has 1 aliphatic carbocycles. The summed E-state index contributed by atoms with van der Waals surface area (Å²) in [6.07, 6.45) is 7.45. The molecular formula is C15H21N. The van der Waals surface area contributed by atoms with Crippen molar-refractivity contribution in [3.05, 3.63) is 41.7 Å². The Morgan fingerprint density at radius 2 is 2.38 bits per heavy atom. The van der Waals surface area contributed by atoms with Gasteiger partial charge in [0.05, 0.1) is 5.69 Å². The van der Waals surface area contributed by atoms with E-state index in [1.807, 2.05) is 6.20 Å². The maximum atomic E-state index is 4.67. The van der Waals surface area contributed by atoms with E-state index in [2.05, 4.69) is 44.5 Å². The summed E-state index contributed by atoms with van der Waals surface area (Å²) in [5.74, 6) is 0.642. The topological polar surface area (TPSA) is 12.9 Å². The van der Waals surface area contributed by atoms with Crippen LogP contribution in [0.4, 0.5) is 0 Å². The zero-order chi connectivity index (χ0) is 11.8. The first-order valence-corrected chi connectivity index (χ1v) is 6.21. The van der Waals surface area contributed by atoms with Crippen LogP contribution in [-0.2, 0) is 5.41 Å². The van der Waals surface area contributed by atoms with Crippen molar-refractivity contribution in [2.24, 2.45) is 0 Å². The fourth-order valence-electron chi connectivity index (χ4n) is 3.31. The number of pyridine rings is 1. The van der Waals surface area contributed by atoms with Crippen molar-refractivity contribution in [3.8, 4) is 0 Å². The molecule has 0 amide bonds. The first-order valence-electron chi connectivity index (χ1n) is 6.21. The van der Waals surface area contributed by atoms with Crippen molar-refractivity contribution in [3.63, 3.8) is 0 Å². The molecule has 0 saturated carbocycles. The summed E-state index contributed by atoms with van der Waals surface area (Å²) in [6, 6.07) is 2.13. The number of rotatable bonds is 3. The highest BCUT2D eigenvalue weighted by atomic mass is 14.7. The van der Waals surface area contributed by atoms with E-state index in [4.69, 9.17) is 0 Å². The van der Waals surface area contributed by atoms with Crippen LogP contribution >= 0.6 is 0 Å². The van der Waals surface area contributed by atoms with E-state index < -0.39 is 0 Å². The smallest absolute Gasteiger partial charge is 0.0505 e. The van der Waals surface area contributed by atoms with Gasteiger partial charge in [-0.2, -0.15) is 0 Å². The Balaban J connectivity index is 2.57. The largest absolute Gasteiger partial charge is 0.260 e. The lowest BCUT2D eigenvalue weighted by Gasteiger charge is -2.26. The Labute approximate surface area is 98.6 Å². The first-order chi connectivity index (χ1) is 7.64. The highest BCUT2D eigenvalue weighted by Crippen LogP contribution is 2.49. The molecule has 1 nitrogen and oxygen atoms in total. The van der Waals surface area contributed by atoms with Crippen LogP contribution in [0, 0.1) is 6.92 Å². The summed E-state index contributed by atoms with van der Waals surface area (Å²) in [4.78, 5) is 4.67. The molecule has 1 aliphatic rings. The van der Waals surface area contributed by atoms with Gasteiger partial charge in [-0.25, -0.2) is 0 Å². The van der Waals surface area contributed by atoms with Crippen LogP contribution in [0.25, 0.3) is 0 Å². The predicted molar refractivity (Wildman–Crippen MR) is 68.8 cm³/mol. The number of allylic oxidation sites excluding steroid dienone is 1. The molecule has 0 spiro atoms. The zero-order valence-electron chi connectivity index (χ0n) is 10.6. The second kappa shape index (κ2) is 4.04. The van der Waals surface area contributed by atoms with Crippen LogP contribution in [0.15, 0.2) is 24.9 Å². The van der Waals surface area contributed by atoms with Crippen LogP contribution in [0.3, 0.4) is 0 Å². The SMILES string of the molecule is C=CCC1(CC)CC(C)c2c(C)ccnc21. The number of fused-ring (bicyclic) bond motifs is 1. The van der Waals surface area contributed by atoms with Crippen LogP contribution in [0.1, 0.15) is 55.8 Å². The molecule has 0 fully saturated rings. The van der Waals surface area contributed by atoms with Gasteiger partial charge >= 0.3 is 0 Å². The van der Waals surface area contributed by atoms with E-state index in [9.17, 15) is 0 Å². The molecule has 1 aromatic heterocycles. The Hall–Kier alpha value is -1.11. The summed E-state index contributed by atoms with van der Waals surface area (Å²) in [7, 11) is 0. The molecule has 0 bridgehead atoms. The van der Waals surface area contributed by atoms with Crippen molar-refractivity contribution in [1.29, 1.82) is 0 Å². The molecule has 0 radical (unpaired) electrons. The summed E-state index contributed by atoms with van der Waals surface area (Å²) < 4.78 is 0. The Morgan fingerprint density at radius 3 is 3.00 bits per heavy atom. The van der Waals surface area contributed by atoms with Crippen LogP contribution < -0.4 is 0 Å². The third-order valence-corrected chi connectivity index (χ3v) is 4.11. The lowest BCUT2D eigenvalue weighted by molar-refractivity contribution is 0.386. The quantitative estimate of drug-likeness (QED) is 0.691. The third-order valence-electron chi connectivity index (χ3n) is 4.11. The van der Waals surface area contributed by atoms with E-state index >= 15 is 0 Å². The van der Waals surface area contributed by atoms with Crippen LogP contribution in [0.2, 0.25) is 0 Å². The molecule has 86 valence electrons. The summed E-state index contributed by atoms with van der Waals surface area (Å²) in [5.41, 5.74) is 4.48. The standard InChI is InChI=1S/C15H21N/c1-5-8-15(6-2)10-12(4)13-11(3)7-9-16-14(13)15/h5,7,9,12H,1,6,8,10H2,2-4H3. The van der Waals surface area contributed by atoms with Gasteiger partial charge in [0.1, 0.15) is 0 Å². The number of hydrogen-bond acceptors (Lipinski definition) is 1. The molecule has 1 aromatic rings. The summed E-state index contributed by atoms with van der Waals surface area (Å²) >= 11 is 0. The van der Waals surface area contributed by atoms with Crippen molar-refractivity contribution in [2.45, 2.75) is 51.4 Å². The van der Waals surface area contributed by atoms with Gasteiger partial charge in [-0.3, -0.25) is 4.98 Å². The molecule has 2 unspecified atom stereocenters. The van der Waals surface area contributed by atoms with E-state index in [0.29, 0.717) is 5.92 Å². The molecule has 0 aliphatic heterocycles. The highest BCUT2D eigenvalue weighted by molar-refractivity contribution is 5.42. The molecule has 2 atom stereocenters. The molecule has 0 aromatic carbocycles. The number of hydrogen-bond donors (Lipinski definition) is 0. The van der Waals surface area contributed by atoms with Gasteiger partial charge in [0.25, 0.3) is 0 Å². The Bertz CT molecular complexity index is 408. The number of aromatic nitrogens is 1. The molecule has 1 heteroatoms. The van der Waals surface area contributed by atoms with Gasteiger partial charge in [0.2, 0.25) is 0 Å². The normalized spacial score (nSPS) is 27.8. The van der Waals surface area contributed by atoms with Gasteiger partial charge in [0, 0.05) is 11.6 Å². The maximum absolute atomic E-state index is 4.67. The van der Waals surface area contributed by atoms with E-state index in [-0.39, 0.29) is 5.41 Å². The van der Waals surface area contributed by atoms with Gasteiger partial charge in [0.15, 0.2) is 0 Å². The van der Waals surface area contributed by atoms with E-state index in [0.717, 1.165) is 12.8 Å². The zero-order valence-corrected chi connectivity index (χ0v) is 10.6. The summed E-state index contributed by atoms with van der Waals surface area (Å²) in [5, 5.41) is 0. The van der Waals surface area contributed by atoms with E-state index in [1.54, 1.807) is 0 Å². The van der Waals surface area contributed by atoms with Gasteiger partial charge in [-0.05, 0) is 49.3 Å². The monoisotopic (exact) mass is 215 g/mol. The molecule has 0 N–H and O–H groups in total. The number of aryl methyl sites for hydroxylation is 1. The second-order valence-electron chi connectivity index (χ2n) is 5.12. The first kappa shape index (κ1) is 11.4. The summed E-state index contributed by atoms with van der Waals surface area (Å²) in [6.45, 7) is 10.7. The molecule has 1 heterocycles. The average Bonchev–Trinajstić information content (AvgIpc) is 2.55. The molecule has 16 heavy (non-hydrogen) atoms. The third kappa shape index (κ3) is 1.50. The fraction of sp³-hybridized carbons (Fsp3) is 0.533. The highest BCUT2D eigenvalue weighted by Gasteiger charge is 2.41. The van der Waals surface area contributed by atoms with Crippen LogP contribution in [0.5, 0.6) is 0 Å². The lowest BCUT2D eigenvalue weighted by atomic mass is 9.78. The minimum atomic E-state index is 0.253. The van der Waals surface area contributed by atoms with Gasteiger partial charge < -0.3 is 0 Å². The van der Waals surface area contributed by atoms with E-state index in [1.165, 1.54) is 23.2 Å². The minimum absolute atomic E-state index is 0.253. The lowest BCUT2D eigenvalue weighted by Crippen LogP contribution is -2.22. The van der Waals surface area contributed by atoms with Crippen molar-refractivity contribution >= 4 is 0 Å². The molecular weight excluding hydrogens is 194 g/mol. The van der Waals surface area contributed by atoms with Crippen molar-refractivity contribution < 1.29 is 0 Å². The Morgan fingerprint density at radius 1 is 1.62 bits per heavy atom. The molecule has 0 saturated heterocycles. The van der Waals surface area contributed by atoms with Crippen molar-refractivity contribution in [2.75, 3.05) is 0 Å². The van der Waals surface area contributed by atoms with Gasteiger partial charge in [-0.1, -0.05) is 19.9 Å². The van der Waals surface area contributed by atoms with Gasteiger partial charge in [-0.15, -0.1) is 6.58 Å². The minimum Gasteiger partial charge on any atom is -0.260 e. The van der Waals surface area contributed by atoms with Crippen molar-refractivity contribution in [1.82, 2.24) is 4.98 Å². The second-order valence-corrected chi connectivity index (χ2v) is 5.12.